The highest BCUT2D eigenvalue weighted by molar-refractivity contribution is 6.33. The monoisotopic (exact) mass is 321 g/mol. The van der Waals surface area contributed by atoms with Crippen LogP contribution in [0.25, 0.3) is 0 Å². The van der Waals surface area contributed by atoms with Crippen LogP contribution in [-0.4, -0.2) is 32.2 Å². The Hall–Kier alpha value is -1.47. The fourth-order valence-electron chi connectivity index (χ4n) is 2.32. The molecule has 1 aliphatic rings. The van der Waals surface area contributed by atoms with Crippen LogP contribution in [0.15, 0.2) is 12.1 Å². The Balaban J connectivity index is 2.33. The first-order valence-corrected chi connectivity index (χ1v) is 6.76. The van der Waals surface area contributed by atoms with Gasteiger partial charge in [0.1, 0.15) is 12.6 Å². The van der Waals surface area contributed by atoms with Crippen molar-refractivity contribution in [3.05, 3.63) is 22.7 Å². The topological polar surface area (TPSA) is 44.4 Å². The van der Waals surface area contributed by atoms with E-state index in [1.54, 1.807) is 0 Å². The van der Waals surface area contributed by atoms with E-state index in [2.05, 4.69) is 10.6 Å². The van der Waals surface area contributed by atoms with E-state index in [-0.39, 0.29) is 16.6 Å². The van der Waals surface area contributed by atoms with Gasteiger partial charge in [-0.05, 0) is 18.7 Å². The number of nitrogens with one attached hydrogen (secondary N) is 2. The second-order valence-corrected chi connectivity index (χ2v) is 5.25. The minimum atomic E-state index is -4.33. The molecule has 0 aliphatic carbocycles. The molecule has 0 saturated heterocycles. The molecular weight excluding hydrogens is 307 g/mol. The summed E-state index contributed by atoms with van der Waals surface area (Å²) in [7, 11) is 1.31. The summed E-state index contributed by atoms with van der Waals surface area (Å²) >= 11 is 6.07. The van der Waals surface area contributed by atoms with E-state index in [9.17, 15) is 18.0 Å². The zero-order valence-electron chi connectivity index (χ0n) is 11.5. The second-order valence-electron chi connectivity index (χ2n) is 4.84. The number of nitrogens with zero attached hydrogens (tertiary/aromatic N) is 1. The molecule has 116 valence electrons. The van der Waals surface area contributed by atoms with Crippen molar-refractivity contribution in [2.75, 3.05) is 30.4 Å². The van der Waals surface area contributed by atoms with Crippen LogP contribution in [-0.2, 0) is 4.79 Å². The Morgan fingerprint density at radius 2 is 2.10 bits per heavy atom. The molecule has 0 spiro atoms. The Morgan fingerprint density at radius 3 is 2.67 bits per heavy atom. The molecular formula is C13H15ClF3N3O. The number of hydrogen-bond donors (Lipinski definition) is 2. The molecule has 1 aromatic rings. The summed E-state index contributed by atoms with van der Waals surface area (Å²) in [5.74, 6) is -0.237. The third-order valence-electron chi connectivity index (χ3n) is 3.19. The lowest BCUT2D eigenvalue weighted by Gasteiger charge is -2.23. The maximum atomic E-state index is 12.5. The fourth-order valence-corrected chi connectivity index (χ4v) is 2.64. The zero-order valence-corrected chi connectivity index (χ0v) is 12.3. The molecule has 1 aromatic carbocycles. The highest BCUT2D eigenvalue weighted by Gasteiger charge is 2.33. The van der Waals surface area contributed by atoms with E-state index < -0.39 is 18.8 Å². The van der Waals surface area contributed by atoms with Gasteiger partial charge >= 0.3 is 6.18 Å². The van der Waals surface area contributed by atoms with Crippen molar-refractivity contribution in [1.29, 1.82) is 0 Å². The summed E-state index contributed by atoms with van der Waals surface area (Å²) in [6.07, 6.45) is -4.33. The van der Waals surface area contributed by atoms with E-state index >= 15 is 0 Å². The van der Waals surface area contributed by atoms with Gasteiger partial charge < -0.3 is 15.5 Å². The van der Waals surface area contributed by atoms with Gasteiger partial charge in [0.2, 0.25) is 5.91 Å². The van der Waals surface area contributed by atoms with Gasteiger partial charge in [-0.3, -0.25) is 4.79 Å². The first-order valence-electron chi connectivity index (χ1n) is 6.38. The number of carbonyl (C=O) groups excluding carboxylic acids is 1. The Bertz CT molecular complexity index is 562. The molecule has 21 heavy (non-hydrogen) atoms. The first kappa shape index (κ1) is 15.9. The summed E-state index contributed by atoms with van der Waals surface area (Å²) in [5, 5.41) is 5.83. The maximum absolute atomic E-state index is 12.5. The predicted molar refractivity (Wildman–Crippen MR) is 75.8 cm³/mol. The van der Waals surface area contributed by atoms with Gasteiger partial charge in [-0.2, -0.15) is 13.2 Å². The number of amides is 1. The molecule has 1 unspecified atom stereocenters. The first-order chi connectivity index (χ1) is 9.73. The van der Waals surface area contributed by atoms with E-state index in [1.807, 2.05) is 6.92 Å². The Kier molecular flexibility index (Phi) is 4.34. The van der Waals surface area contributed by atoms with Crippen molar-refractivity contribution in [2.45, 2.75) is 19.1 Å². The minimum absolute atomic E-state index is 0.180. The van der Waals surface area contributed by atoms with Crippen LogP contribution in [0.4, 0.5) is 24.5 Å². The standard InChI is InChI=1S/C13H15ClF3N3O/c1-3-18-11-7-4-8(14)10(5-9(7)19-12(11)21)20(2)6-13(15,16)17/h4-5,11,18H,3,6H2,1-2H3,(H,19,21). The van der Waals surface area contributed by atoms with Crippen LogP contribution in [0.1, 0.15) is 18.5 Å². The summed E-state index contributed by atoms with van der Waals surface area (Å²) in [5.41, 5.74) is 1.36. The smallest absolute Gasteiger partial charge is 0.364 e. The largest absolute Gasteiger partial charge is 0.405 e. The average Bonchev–Trinajstić information content (AvgIpc) is 2.63. The molecule has 0 fully saturated rings. The quantitative estimate of drug-likeness (QED) is 0.896. The van der Waals surface area contributed by atoms with Gasteiger partial charge in [0.15, 0.2) is 0 Å². The van der Waals surface area contributed by atoms with E-state index in [0.717, 1.165) is 4.90 Å². The maximum Gasteiger partial charge on any atom is 0.405 e. The summed E-state index contributed by atoms with van der Waals surface area (Å²) in [6.45, 7) is 1.33. The van der Waals surface area contributed by atoms with E-state index in [1.165, 1.54) is 19.2 Å². The highest BCUT2D eigenvalue weighted by Crippen LogP contribution is 2.39. The summed E-state index contributed by atoms with van der Waals surface area (Å²) < 4.78 is 37.4. The van der Waals surface area contributed by atoms with E-state index in [0.29, 0.717) is 17.8 Å². The van der Waals surface area contributed by atoms with Crippen LogP contribution >= 0.6 is 11.6 Å². The number of rotatable bonds is 4. The van der Waals surface area contributed by atoms with Crippen molar-refractivity contribution >= 4 is 28.9 Å². The highest BCUT2D eigenvalue weighted by atomic mass is 35.5. The molecule has 1 atom stereocenters. The van der Waals surface area contributed by atoms with Crippen molar-refractivity contribution in [1.82, 2.24) is 5.32 Å². The molecule has 1 amide bonds. The molecule has 8 heteroatoms. The number of halogens is 4. The number of carbonyl (C=O) groups is 1. The zero-order chi connectivity index (χ0) is 15.8. The normalized spacial score (nSPS) is 17.6. The molecule has 2 rings (SSSR count). The second kappa shape index (κ2) is 5.73. The van der Waals surface area contributed by atoms with Crippen LogP contribution in [0.5, 0.6) is 0 Å². The summed E-state index contributed by atoms with van der Waals surface area (Å²) in [6, 6.07) is 2.48. The third-order valence-corrected chi connectivity index (χ3v) is 3.49. The number of benzene rings is 1. The molecule has 1 aliphatic heterocycles. The number of alkyl halides is 3. The van der Waals surface area contributed by atoms with Crippen LogP contribution in [0, 0.1) is 0 Å². The molecule has 0 saturated carbocycles. The Morgan fingerprint density at radius 1 is 1.43 bits per heavy atom. The number of fused-ring (bicyclic) bond motifs is 1. The molecule has 1 heterocycles. The van der Waals surface area contributed by atoms with Crippen LogP contribution < -0.4 is 15.5 Å². The van der Waals surface area contributed by atoms with Crippen molar-refractivity contribution in [2.24, 2.45) is 0 Å². The lowest BCUT2D eigenvalue weighted by atomic mass is 10.1. The van der Waals surface area contributed by atoms with Gasteiger partial charge in [-0.15, -0.1) is 0 Å². The molecule has 2 N–H and O–H groups in total. The average molecular weight is 322 g/mol. The van der Waals surface area contributed by atoms with Crippen LogP contribution in [0.2, 0.25) is 5.02 Å². The number of hydrogen-bond acceptors (Lipinski definition) is 3. The van der Waals surface area contributed by atoms with Crippen molar-refractivity contribution < 1.29 is 18.0 Å². The third kappa shape index (κ3) is 3.41. The van der Waals surface area contributed by atoms with E-state index in [4.69, 9.17) is 11.6 Å². The molecule has 0 aromatic heterocycles. The number of likely N-dealkylation sites (N-methyl/N-ethyl adjacent to an activating group) is 1. The van der Waals surface area contributed by atoms with Crippen LogP contribution in [0.3, 0.4) is 0 Å². The Labute approximate surface area is 125 Å². The summed E-state index contributed by atoms with van der Waals surface area (Å²) in [4.78, 5) is 12.8. The molecule has 4 nitrogen and oxygen atoms in total. The van der Waals surface area contributed by atoms with Crippen molar-refractivity contribution in [3.8, 4) is 0 Å². The SMILES string of the molecule is CCNC1C(=O)Nc2cc(N(C)CC(F)(F)F)c(Cl)cc21. The predicted octanol–water partition coefficient (Wildman–Crippen LogP) is 2.94. The van der Waals surface area contributed by atoms with Crippen molar-refractivity contribution in [3.63, 3.8) is 0 Å². The lowest BCUT2D eigenvalue weighted by molar-refractivity contribution is -0.119. The van der Waals surface area contributed by atoms with Gasteiger partial charge in [0.25, 0.3) is 0 Å². The minimum Gasteiger partial charge on any atom is -0.364 e. The van der Waals surface area contributed by atoms with Gasteiger partial charge in [0, 0.05) is 18.3 Å². The van der Waals surface area contributed by atoms with Gasteiger partial charge in [-0.1, -0.05) is 18.5 Å². The fraction of sp³-hybridized carbons (Fsp3) is 0.462. The molecule has 0 radical (unpaired) electrons. The number of anilines is 2. The molecule has 0 bridgehead atoms. The van der Waals surface area contributed by atoms with Gasteiger partial charge in [0.05, 0.1) is 10.7 Å². The van der Waals surface area contributed by atoms with Gasteiger partial charge in [-0.25, -0.2) is 0 Å². The lowest BCUT2D eigenvalue weighted by Crippen LogP contribution is -2.31.